The topological polar surface area (TPSA) is 169 Å². The number of hydrogen-bond acceptors (Lipinski definition) is 9. The average molecular weight is 522 g/mol. The molecule has 0 aliphatic carbocycles. The second kappa shape index (κ2) is 12.8. The molecule has 1 aromatic carbocycles. The number of rotatable bonds is 9. The molecule has 0 radical (unpaired) electrons. The van der Waals surface area contributed by atoms with Crippen LogP contribution in [0.2, 0.25) is 0 Å². The van der Waals surface area contributed by atoms with Crippen LogP contribution in [0.25, 0.3) is 16.5 Å². The van der Waals surface area contributed by atoms with Gasteiger partial charge in [-0.05, 0) is 31.5 Å². The van der Waals surface area contributed by atoms with Crippen molar-refractivity contribution in [2.24, 2.45) is 0 Å². The number of amides is 1. The maximum atomic E-state index is 11.7. The first-order chi connectivity index (χ1) is 16.9. The van der Waals surface area contributed by atoms with Gasteiger partial charge in [0.05, 0.1) is 12.8 Å². The molecule has 2 aromatic rings. The summed E-state index contributed by atoms with van der Waals surface area (Å²) in [5.41, 5.74) is 3.13. The number of carboxylic acid groups (broad SMARTS) is 2. The van der Waals surface area contributed by atoms with Gasteiger partial charge in [-0.1, -0.05) is 6.07 Å². The zero-order valence-corrected chi connectivity index (χ0v) is 20.8. The van der Waals surface area contributed by atoms with Crippen LogP contribution in [0, 0.1) is 6.92 Å². The fraction of sp³-hybridized carbons (Fsp3) is 0.375. The van der Waals surface area contributed by atoms with Gasteiger partial charge in [0.25, 0.3) is 0 Å². The molecule has 2 atom stereocenters. The molecule has 0 saturated heterocycles. The van der Waals surface area contributed by atoms with E-state index in [1.165, 1.54) is 13.0 Å². The number of esters is 2. The maximum Gasteiger partial charge on any atom is 0.331 e. The van der Waals surface area contributed by atoms with Crippen molar-refractivity contribution >= 4 is 59.0 Å². The molecular formula is C24H27NO10S. The Morgan fingerprint density at radius 1 is 1.19 bits per heavy atom. The van der Waals surface area contributed by atoms with E-state index in [4.69, 9.17) is 24.1 Å². The summed E-state index contributed by atoms with van der Waals surface area (Å²) in [6.07, 6.45) is 0.363. The Labute approximate surface area is 211 Å². The first-order valence-electron chi connectivity index (χ1n) is 10.9. The van der Waals surface area contributed by atoms with Crippen molar-refractivity contribution in [2.75, 3.05) is 12.4 Å². The largest absolute Gasteiger partial charge is 0.481 e. The third-order valence-corrected chi connectivity index (χ3v) is 5.45. The Balaban J connectivity index is 0.000000388. The highest BCUT2D eigenvalue weighted by atomic mass is 32.1. The number of carbonyl (C=O) groups is 5. The standard InChI is InChI=1S/C19H18O7.C5H9NO3S/c1-10-14-7-12(13-8-18(23)24-9-13)3-4-15(14)26-19(10)11(2)25-17(22)6-5-16(20)21;1-3(7)6-4(2-10)5(8)9/h3-4,7-8,11H,5-6,9H2,1-2H3,(H,20,21);4,10H,2H2,1H3,(H,6,7)(H,8,9). The monoisotopic (exact) mass is 521 g/mol. The van der Waals surface area contributed by atoms with Gasteiger partial charge in [-0.15, -0.1) is 0 Å². The fourth-order valence-corrected chi connectivity index (χ4v) is 3.57. The Bertz CT molecular complexity index is 1200. The van der Waals surface area contributed by atoms with Gasteiger partial charge in [-0.3, -0.25) is 14.4 Å². The van der Waals surface area contributed by atoms with Crippen LogP contribution in [0.1, 0.15) is 49.7 Å². The minimum atomic E-state index is -1.06. The Hall–Kier alpha value is -3.80. The zero-order chi connectivity index (χ0) is 27.0. The van der Waals surface area contributed by atoms with Crippen LogP contribution in [0.4, 0.5) is 0 Å². The van der Waals surface area contributed by atoms with Crippen LogP contribution >= 0.6 is 12.6 Å². The predicted molar refractivity (Wildman–Crippen MR) is 130 cm³/mol. The second-order valence-electron chi connectivity index (χ2n) is 7.88. The number of hydrogen-bond donors (Lipinski definition) is 4. The molecule has 1 aliphatic heterocycles. The van der Waals surface area contributed by atoms with Crippen LogP contribution in [0.5, 0.6) is 0 Å². The number of thiol groups is 1. The van der Waals surface area contributed by atoms with Crippen molar-refractivity contribution in [2.45, 2.75) is 45.8 Å². The fourth-order valence-electron chi connectivity index (χ4n) is 3.32. The Morgan fingerprint density at radius 3 is 2.39 bits per heavy atom. The van der Waals surface area contributed by atoms with E-state index in [1.807, 2.05) is 19.1 Å². The SMILES string of the molecule is CC(=O)NC(CS)C(=O)O.Cc1c(C(C)OC(=O)CCC(=O)O)oc2ccc(C3=CC(=O)OC3)cc12. The molecule has 12 heteroatoms. The van der Waals surface area contributed by atoms with Gasteiger partial charge >= 0.3 is 23.9 Å². The number of nitrogens with one attached hydrogen (secondary N) is 1. The van der Waals surface area contributed by atoms with E-state index in [0.29, 0.717) is 11.3 Å². The summed E-state index contributed by atoms with van der Waals surface area (Å²) in [5, 5.41) is 20.0. The Morgan fingerprint density at radius 2 is 1.89 bits per heavy atom. The molecule has 0 fully saturated rings. The summed E-state index contributed by atoms with van der Waals surface area (Å²) >= 11 is 3.73. The van der Waals surface area contributed by atoms with Gasteiger partial charge in [-0.2, -0.15) is 12.6 Å². The van der Waals surface area contributed by atoms with Crippen molar-refractivity contribution in [3.8, 4) is 0 Å². The first-order valence-corrected chi connectivity index (χ1v) is 11.5. The summed E-state index contributed by atoms with van der Waals surface area (Å²) in [6, 6.07) is 4.67. The van der Waals surface area contributed by atoms with E-state index in [2.05, 4.69) is 17.9 Å². The van der Waals surface area contributed by atoms with Crippen molar-refractivity contribution in [3.05, 3.63) is 41.2 Å². The molecule has 3 rings (SSSR count). The van der Waals surface area contributed by atoms with E-state index in [-0.39, 0.29) is 37.1 Å². The van der Waals surface area contributed by atoms with Crippen LogP contribution < -0.4 is 5.32 Å². The van der Waals surface area contributed by atoms with Crippen LogP contribution in [0.3, 0.4) is 0 Å². The number of ether oxygens (including phenoxy) is 2. The number of aliphatic carboxylic acids is 2. The molecular weight excluding hydrogens is 494 g/mol. The lowest BCUT2D eigenvalue weighted by Gasteiger charge is -2.11. The third-order valence-electron chi connectivity index (χ3n) is 5.08. The van der Waals surface area contributed by atoms with Gasteiger partial charge in [0.1, 0.15) is 24.0 Å². The third kappa shape index (κ3) is 7.87. The summed E-state index contributed by atoms with van der Waals surface area (Å²) in [4.78, 5) is 54.0. The van der Waals surface area contributed by atoms with E-state index in [0.717, 1.165) is 22.1 Å². The lowest BCUT2D eigenvalue weighted by atomic mass is 10.0. The highest BCUT2D eigenvalue weighted by molar-refractivity contribution is 7.80. The van der Waals surface area contributed by atoms with Crippen molar-refractivity contribution < 1.29 is 48.1 Å². The van der Waals surface area contributed by atoms with E-state index in [1.54, 1.807) is 13.0 Å². The summed E-state index contributed by atoms with van der Waals surface area (Å²) in [6.45, 7) is 5.04. The van der Waals surface area contributed by atoms with Crippen molar-refractivity contribution in [1.29, 1.82) is 0 Å². The first kappa shape index (κ1) is 28.4. The molecule has 2 heterocycles. The summed E-state index contributed by atoms with van der Waals surface area (Å²) < 4.78 is 16.0. The average Bonchev–Trinajstić information content (AvgIpc) is 3.39. The molecule has 2 unspecified atom stereocenters. The van der Waals surface area contributed by atoms with Crippen LogP contribution in [-0.2, 0) is 33.4 Å². The smallest absolute Gasteiger partial charge is 0.331 e. The Kier molecular flexibility index (Phi) is 10.1. The molecule has 0 saturated carbocycles. The van der Waals surface area contributed by atoms with E-state index in [9.17, 15) is 24.0 Å². The van der Waals surface area contributed by atoms with Gasteiger partial charge < -0.3 is 29.4 Å². The zero-order valence-electron chi connectivity index (χ0n) is 19.9. The molecule has 0 spiro atoms. The van der Waals surface area contributed by atoms with Gasteiger partial charge in [0.2, 0.25) is 5.91 Å². The highest BCUT2D eigenvalue weighted by Crippen LogP contribution is 2.33. The van der Waals surface area contributed by atoms with E-state index < -0.39 is 30.1 Å². The number of aryl methyl sites for hydroxylation is 1. The molecule has 3 N–H and O–H groups in total. The normalized spacial score (nSPS) is 14.1. The van der Waals surface area contributed by atoms with Crippen LogP contribution in [-0.4, -0.2) is 58.4 Å². The van der Waals surface area contributed by atoms with Crippen molar-refractivity contribution in [1.82, 2.24) is 5.32 Å². The molecule has 1 aromatic heterocycles. The highest BCUT2D eigenvalue weighted by Gasteiger charge is 2.22. The van der Waals surface area contributed by atoms with Gasteiger partial charge in [-0.25, -0.2) is 9.59 Å². The van der Waals surface area contributed by atoms with Gasteiger partial charge in [0, 0.05) is 35.3 Å². The summed E-state index contributed by atoms with van der Waals surface area (Å²) in [5.74, 6) is -2.81. The van der Waals surface area contributed by atoms with Crippen molar-refractivity contribution in [3.63, 3.8) is 0 Å². The molecule has 36 heavy (non-hydrogen) atoms. The van der Waals surface area contributed by atoms with E-state index >= 15 is 0 Å². The number of carbonyl (C=O) groups excluding carboxylic acids is 3. The lowest BCUT2D eigenvalue weighted by Crippen LogP contribution is -2.40. The maximum absolute atomic E-state index is 11.7. The number of carboxylic acids is 2. The molecule has 0 bridgehead atoms. The molecule has 194 valence electrons. The number of cyclic esters (lactones) is 1. The predicted octanol–water partition coefficient (Wildman–Crippen LogP) is 2.66. The minimum Gasteiger partial charge on any atom is -0.481 e. The molecule has 1 aliphatic rings. The number of fused-ring (bicyclic) bond motifs is 1. The second-order valence-corrected chi connectivity index (χ2v) is 8.24. The minimum absolute atomic E-state index is 0.106. The molecule has 11 nitrogen and oxygen atoms in total. The molecule has 1 amide bonds. The van der Waals surface area contributed by atoms with Gasteiger partial charge in [0.15, 0.2) is 6.10 Å². The van der Waals surface area contributed by atoms with Crippen LogP contribution in [0.15, 0.2) is 28.7 Å². The quantitative estimate of drug-likeness (QED) is 0.284. The number of benzene rings is 1. The lowest BCUT2D eigenvalue weighted by molar-refractivity contribution is -0.152. The summed E-state index contributed by atoms with van der Waals surface area (Å²) in [7, 11) is 0. The number of furan rings is 1.